The largest absolute Gasteiger partial charge is 0.508 e. The number of aromatic hydroxyl groups is 3. The molecule has 9 nitrogen and oxygen atoms in total. The number of likely N-dealkylation sites (tertiary alicyclic amines) is 1. The van der Waals surface area contributed by atoms with Crippen molar-refractivity contribution >= 4 is 11.7 Å². The van der Waals surface area contributed by atoms with Gasteiger partial charge in [-0.05, 0) is 66.7 Å². The zero-order valence-electron chi connectivity index (χ0n) is 20.2. The highest BCUT2D eigenvalue weighted by Gasteiger charge is 2.34. The van der Waals surface area contributed by atoms with E-state index in [1.165, 1.54) is 38.5 Å². The number of hydrogen-bond donors (Lipinski definition) is 3. The molecule has 1 heterocycles. The van der Waals surface area contributed by atoms with E-state index in [0.29, 0.717) is 30.1 Å². The number of benzene rings is 3. The molecule has 4 rings (SSSR count). The van der Waals surface area contributed by atoms with E-state index in [2.05, 4.69) is 10.1 Å². The average molecular weight is 493 g/mol. The van der Waals surface area contributed by atoms with Gasteiger partial charge in [-0.25, -0.2) is 4.79 Å². The second kappa shape index (κ2) is 10.6. The summed E-state index contributed by atoms with van der Waals surface area (Å²) in [6, 6.07) is 15.7. The molecule has 0 saturated carbocycles. The van der Waals surface area contributed by atoms with E-state index in [1.54, 1.807) is 24.3 Å². The van der Waals surface area contributed by atoms with Crippen LogP contribution in [0.4, 0.5) is 0 Å². The zero-order chi connectivity index (χ0) is 25.8. The van der Waals surface area contributed by atoms with Crippen LogP contribution in [0.3, 0.4) is 0 Å². The molecule has 0 amide bonds. The van der Waals surface area contributed by atoms with Gasteiger partial charge in [0.1, 0.15) is 5.75 Å². The molecule has 36 heavy (non-hydrogen) atoms. The van der Waals surface area contributed by atoms with E-state index in [4.69, 9.17) is 14.3 Å². The summed E-state index contributed by atoms with van der Waals surface area (Å²) >= 11 is 0. The fourth-order valence-electron chi connectivity index (χ4n) is 4.37. The van der Waals surface area contributed by atoms with Crippen LogP contribution in [0.15, 0.2) is 65.8 Å². The lowest BCUT2D eigenvalue weighted by atomic mass is 9.86. The molecular weight excluding hydrogens is 464 g/mol. The van der Waals surface area contributed by atoms with Crippen molar-refractivity contribution in [1.82, 2.24) is 4.90 Å². The maximum Gasteiger partial charge on any atom is 0.365 e. The highest BCUT2D eigenvalue weighted by molar-refractivity contribution is 5.91. The number of ether oxygens (including phenoxy) is 2. The minimum atomic E-state index is -0.632. The van der Waals surface area contributed by atoms with Gasteiger partial charge in [-0.15, -0.1) is 0 Å². The van der Waals surface area contributed by atoms with Crippen LogP contribution in [-0.4, -0.2) is 53.2 Å². The molecule has 0 aliphatic carbocycles. The molecule has 2 unspecified atom stereocenters. The number of phenolic OH excluding ortho intramolecular Hbond substituents is 3. The zero-order valence-corrected chi connectivity index (χ0v) is 20.2. The third-order valence-corrected chi connectivity index (χ3v) is 6.38. The molecule has 1 fully saturated rings. The highest BCUT2D eigenvalue weighted by Crippen LogP contribution is 2.42. The van der Waals surface area contributed by atoms with E-state index >= 15 is 0 Å². The Morgan fingerprint density at radius 3 is 1.81 bits per heavy atom. The Hall–Kier alpha value is -4.24. The molecule has 0 radical (unpaired) electrons. The first kappa shape index (κ1) is 24.9. The van der Waals surface area contributed by atoms with Crippen molar-refractivity contribution in [1.29, 1.82) is 0 Å². The summed E-state index contributed by atoms with van der Waals surface area (Å²) in [6.45, 7) is 0. The van der Waals surface area contributed by atoms with Crippen molar-refractivity contribution < 1.29 is 34.4 Å². The molecule has 1 aliphatic rings. The van der Waals surface area contributed by atoms with E-state index in [9.17, 15) is 20.1 Å². The van der Waals surface area contributed by atoms with E-state index in [1.807, 2.05) is 19.2 Å². The predicted molar refractivity (Wildman–Crippen MR) is 133 cm³/mol. The standard InChI is InChI=1S/C27H28N2O7/c1-29-21(17-6-10-23(31)25(12-17)34-2)14-19(28-36-27(33)16-4-8-20(30)9-5-16)15-22(29)18-7-11-24(32)26(13-18)35-3/h4-13,21-22,30-32H,14-15H2,1-3H3. The van der Waals surface area contributed by atoms with Crippen molar-refractivity contribution in [3.05, 3.63) is 77.4 Å². The van der Waals surface area contributed by atoms with E-state index in [-0.39, 0.29) is 34.9 Å². The SMILES string of the molecule is COc1cc(C2CC(=NOC(=O)c3ccc(O)cc3)CC(c3ccc(O)c(OC)c3)N2C)ccc1O. The lowest BCUT2D eigenvalue weighted by molar-refractivity contribution is 0.0507. The van der Waals surface area contributed by atoms with Crippen LogP contribution in [0.1, 0.15) is 46.4 Å². The van der Waals surface area contributed by atoms with Crippen LogP contribution in [0.25, 0.3) is 0 Å². The number of phenols is 3. The predicted octanol–water partition coefficient (Wildman–Crippen LogP) is 4.54. The minimum absolute atomic E-state index is 0.0382. The molecule has 1 saturated heterocycles. The van der Waals surface area contributed by atoms with Crippen molar-refractivity contribution in [2.24, 2.45) is 5.16 Å². The Morgan fingerprint density at radius 1 is 0.833 bits per heavy atom. The second-order valence-corrected chi connectivity index (χ2v) is 8.55. The lowest BCUT2D eigenvalue weighted by Crippen LogP contribution is -2.37. The maximum atomic E-state index is 12.5. The van der Waals surface area contributed by atoms with Crippen molar-refractivity contribution in [2.75, 3.05) is 21.3 Å². The van der Waals surface area contributed by atoms with E-state index < -0.39 is 5.97 Å². The van der Waals surface area contributed by atoms with Gasteiger partial charge in [-0.1, -0.05) is 17.3 Å². The third-order valence-electron chi connectivity index (χ3n) is 6.38. The number of oxime groups is 1. The van der Waals surface area contributed by atoms with Crippen molar-refractivity contribution in [3.8, 4) is 28.7 Å². The number of methoxy groups -OCH3 is 2. The normalized spacial score (nSPS) is 17.9. The summed E-state index contributed by atoms with van der Waals surface area (Å²) in [5.74, 6) is 0.199. The summed E-state index contributed by atoms with van der Waals surface area (Å²) in [6.07, 6.45) is 0.942. The molecular formula is C27H28N2O7. The Bertz CT molecular complexity index is 1210. The monoisotopic (exact) mass is 492 g/mol. The van der Waals surface area contributed by atoms with Crippen LogP contribution in [-0.2, 0) is 4.84 Å². The average Bonchev–Trinajstić information content (AvgIpc) is 2.89. The number of carbonyl (C=O) groups is 1. The minimum Gasteiger partial charge on any atom is -0.508 e. The smallest absolute Gasteiger partial charge is 0.365 e. The second-order valence-electron chi connectivity index (χ2n) is 8.55. The lowest BCUT2D eigenvalue weighted by Gasteiger charge is -2.40. The molecule has 0 aromatic heterocycles. The Labute approximate surface area is 208 Å². The molecule has 2 atom stereocenters. The molecule has 0 bridgehead atoms. The van der Waals surface area contributed by atoms with Gasteiger partial charge in [-0.3, -0.25) is 4.90 Å². The summed E-state index contributed by atoms with van der Waals surface area (Å²) in [4.78, 5) is 19.9. The summed E-state index contributed by atoms with van der Waals surface area (Å²) < 4.78 is 10.6. The van der Waals surface area contributed by atoms with E-state index in [0.717, 1.165) is 11.1 Å². The van der Waals surface area contributed by atoms with Crippen LogP contribution >= 0.6 is 0 Å². The number of nitrogens with zero attached hydrogens (tertiary/aromatic N) is 2. The van der Waals surface area contributed by atoms with Gasteiger partial charge >= 0.3 is 5.97 Å². The van der Waals surface area contributed by atoms with Crippen LogP contribution in [0.5, 0.6) is 28.7 Å². The molecule has 3 N–H and O–H groups in total. The molecule has 3 aromatic rings. The van der Waals surface area contributed by atoms with Gasteiger partial charge in [-0.2, -0.15) is 0 Å². The van der Waals surface area contributed by atoms with Crippen LogP contribution in [0.2, 0.25) is 0 Å². The molecule has 9 heteroatoms. The van der Waals surface area contributed by atoms with Gasteiger partial charge < -0.3 is 29.6 Å². The number of carbonyl (C=O) groups excluding carboxylic acids is 1. The van der Waals surface area contributed by atoms with Gasteiger partial charge in [0.25, 0.3) is 0 Å². The first-order valence-corrected chi connectivity index (χ1v) is 11.3. The topological polar surface area (TPSA) is 121 Å². The number of hydrogen-bond acceptors (Lipinski definition) is 9. The highest BCUT2D eigenvalue weighted by atomic mass is 16.7. The summed E-state index contributed by atoms with van der Waals surface area (Å²) in [7, 11) is 4.96. The van der Waals surface area contributed by atoms with Gasteiger partial charge in [0.15, 0.2) is 23.0 Å². The summed E-state index contributed by atoms with van der Waals surface area (Å²) in [5, 5.41) is 33.8. The number of rotatable bonds is 6. The Kier molecular flexibility index (Phi) is 7.30. The first-order valence-electron chi connectivity index (χ1n) is 11.3. The maximum absolute atomic E-state index is 12.5. The van der Waals surface area contributed by atoms with Crippen LogP contribution in [0, 0.1) is 0 Å². The Morgan fingerprint density at radius 2 is 1.33 bits per heavy atom. The molecule has 188 valence electrons. The van der Waals surface area contributed by atoms with Crippen molar-refractivity contribution in [2.45, 2.75) is 24.9 Å². The van der Waals surface area contributed by atoms with Crippen LogP contribution < -0.4 is 9.47 Å². The number of piperidine rings is 1. The fraction of sp³-hybridized carbons (Fsp3) is 0.259. The van der Waals surface area contributed by atoms with Gasteiger partial charge in [0.2, 0.25) is 0 Å². The first-order chi connectivity index (χ1) is 17.3. The van der Waals surface area contributed by atoms with Gasteiger partial charge in [0.05, 0.1) is 25.5 Å². The molecule has 3 aromatic carbocycles. The molecule has 0 spiro atoms. The Balaban J connectivity index is 1.68. The summed E-state index contributed by atoms with van der Waals surface area (Å²) in [5.41, 5.74) is 2.71. The third kappa shape index (κ3) is 5.21. The molecule has 1 aliphatic heterocycles. The fourth-order valence-corrected chi connectivity index (χ4v) is 4.37. The quantitative estimate of drug-likeness (QED) is 0.339. The van der Waals surface area contributed by atoms with Gasteiger partial charge in [0, 0.05) is 24.9 Å². The van der Waals surface area contributed by atoms with Crippen molar-refractivity contribution in [3.63, 3.8) is 0 Å².